The van der Waals surface area contributed by atoms with Gasteiger partial charge in [0.05, 0.1) is 13.0 Å². The second-order valence-corrected chi connectivity index (χ2v) is 8.69. The van der Waals surface area contributed by atoms with E-state index in [1.165, 1.54) is 0 Å². The van der Waals surface area contributed by atoms with Crippen LogP contribution in [0, 0.1) is 5.92 Å². The number of nitrogens with zero attached hydrogens (tertiary/aromatic N) is 2. The Kier molecular flexibility index (Phi) is 4.99. The van der Waals surface area contributed by atoms with Crippen LogP contribution >= 0.6 is 11.6 Å². The molecular weight excluding hydrogens is 426 g/mol. The van der Waals surface area contributed by atoms with Crippen LogP contribution in [0.25, 0.3) is 0 Å². The number of hydrogen-bond acceptors (Lipinski definition) is 5. The summed E-state index contributed by atoms with van der Waals surface area (Å²) < 4.78 is 5.45. The Morgan fingerprint density at radius 1 is 1.22 bits per heavy atom. The number of halogens is 1. The second kappa shape index (κ2) is 7.73. The largest absolute Gasteiger partial charge is 0.497 e. The lowest BCUT2D eigenvalue weighted by atomic mass is 9.70. The van der Waals surface area contributed by atoms with Gasteiger partial charge in [0.15, 0.2) is 5.78 Å². The van der Waals surface area contributed by atoms with Crippen LogP contribution in [0.15, 0.2) is 67.0 Å². The first-order valence-electron chi connectivity index (χ1n) is 10.4. The maximum absolute atomic E-state index is 14.0. The van der Waals surface area contributed by atoms with Gasteiger partial charge in [0.1, 0.15) is 11.3 Å². The molecule has 1 fully saturated rings. The zero-order chi connectivity index (χ0) is 22.5. The fraction of sp³-hybridized carbons (Fsp3) is 0.240. The van der Waals surface area contributed by atoms with Crippen LogP contribution in [0.4, 0.5) is 5.69 Å². The third-order valence-electron chi connectivity index (χ3n) is 6.68. The summed E-state index contributed by atoms with van der Waals surface area (Å²) in [5, 5.41) is 3.63. The highest BCUT2D eigenvalue weighted by atomic mass is 35.5. The summed E-state index contributed by atoms with van der Waals surface area (Å²) in [6, 6.07) is 16.5. The molecule has 0 aliphatic carbocycles. The van der Waals surface area contributed by atoms with Crippen LogP contribution in [-0.4, -0.2) is 42.3 Å². The molecule has 5 rings (SSSR count). The number of likely N-dealkylation sites (tertiary alicyclic amines) is 1. The fourth-order valence-electron chi connectivity index (χ4n) is 5.24. The number of Topliss-reactive ketones (excluding diaryl/α,β-unsaturated/α-hetero) is 1. The lowest BCUT2D eigenvalue weighted by molar-refractivity contribution is -0.126. The Balaban J connectivity index is 1.74. The van der Waals surface area contributed by atoms with Gasteiger partial charge in [0, 0.05) is 46.7 Å². The number of amides is 1. The molecule has 1 N–H and O–H groups in total. The van der Waals surface area contributed by atoms with Crippen molar-refractivity contribution in [2.45, 2.75) is 11.5 Å². The van der Waals surface area contributed by atoms with Crippen molar-refractivity contribution in [3.8, 4) is 5.75 Å². The average molecular weight is 448 g/mol. The lowest BCUT2D eigenvalue weighted by Gasteiger charge is -2.35. The molecule has 0 unspecified atom stereocenters. The van der Waals surface area contributed by atoms with E-state index in [0.717, 1.165) is 11.1 Å². The minimum Gasteiger partial charge on any atom is -0.497 e. The molecule has 2 aliphatic rings. The highest BCUT2D eigenvalue weighted by molar-refractivity contribution is 6.30. The van der Waals surface area contributed by atoms with Crippen molar-refractivity contribution < 1.29 is 14.3 Å². The molecule has 0 bridgehead atoms. The predicted molar refractivity (Wildman–Crippen MR) is 122 cm³/mol. The molecule has 6 nitrogen and oxygen atoms in total. The highest BCUT2D eigenvalue weighted by Gasteiger charge is 2.64. The van der Waals surface area contributed by atoms with E-state index in [9.17, 15) is 9.59 Å². The van der Waals surface area contributed by atoms with Crippen molar-refractivity contribution in [3.05, 3.63) is 88.7 Å². The molecule has 162 valence electrons. The number of hydrogen-bond donors (Lipinski definition) is 1. The minimum absolute atomic E-state index is 0.117. The summed E-state index contributed by atoms with van der Waals surface area (Å²) >= 11 is 6.12. The first-order chi connectivity index (χ1) is 15.5. The summed E-state index contributed by atoms with van der Waals surface area (Å²) in [7, 11) is 3.49. The number of aromatic nitrogens is 1. The smallest absolute Gasteiger partial charge is 0.250 e. The quantitative estimate of drug-likeness (QED) is 0.609. The van der Waals surface area contributed by atoms with Gasteiger partial charge in [-0.25, -0.2) is 0 Å². The average Bonchev–Trinajstić information content (AvgIpc) is 3.29. The topological polar surface area (TPSA) is 71.5 Å². The molecule has 32 heavy (non-hydrogen) atoms. The number of ether oxygens (including phenoxy) is 1. The maximum atomic E-state index is 14.0. The van der Waals surface area contributed by atoms with Crippen molar-refractivity contribution >= 4 is 29.0 Å². The molecule has 3 heterocycles. The van der Waals surface area contributed by atoms with Crippen molar-refractivity contribution in [2.24, 2.45) is 5.92 Å². The normalized spacial score (nSPS) is 24.4. The SMILES string of the molecule is COc1ccc2c(c1)[C@]1(C(=O)N2)[C@@H](C(=O)c2cccnc2)[C@@H](c2ccc(Cl)cc2)CN1C. The van der Waals surface area contributed by atoms with Gasteiger partial charge in [0.2, 0.25) is 5.91 Å². The Bertz CT molecular complexity index is 1200. The van der Waals surface area contributed by atoms with Crippen LogP contribution < -0.4 is 10.1 Å². The number of pyridine rings is 1. The number of carbonyl (C=O) groups excluding carboxylic acids is 2. The lowest BCUT2D eigenvalue weighted by Crippen LogP contribution is -2.51. The molecule has 2 aromatic carbocycles. The van der Waals surface area contributed by atoms with Gasteiger partial charge in [-0.05, 0) is 55.1 Å². The van der Waals surface area contributed by atoms with E-state index in [0.29, 0.717) is 28.6 Å². The summed E-state index contributed by atoms with van der Waals surface area (Å²) in [5.74, 6) is -0.565. The Morgan fingerprint density at radius 2 is 2.00 bits per heavy atom. The minimum atomic E-state index is -1.17. The number of nitrogens with one attached hydrogen (secondary N) is 1. The molecule has 1 aromatic heterocycles. The number of likely N-dealkylation sites (N-methyl/N-ethyl adjacent to an activating group) is 1. The fourth-order valence-corrected chi connectivity index (χ4v) is 5.37. The number of fused-ring (bicyclic) bond motifs is 2. The first kappa shape index (κ1) is 20.7. The van der Waals surface area contributed by atoms with E-state index < -0.39 is 11.5 Å². The Hall–Kier alpha value is -3.22. The van der Waals surface area contributed by atoms with Crippen LogP contribution in [0.3, 0.4) is 0 Å². The van der Waals surface area contributed by atoms with Crippen molar-refractivity contribution in [1.82, 2.24) is 9.88 Å². The van der Waals surface area contributed by atoms with E-state index in [1.54, 1.807) is 31.6 Å². The van der Waals surface area contributed by atoms with Crippen molar-refractivity contribution in [1.29, 1.82) is 0 Å². The van der Waals surface area contributed by atoms with E-state index in [2.05, 4.69) is 10.3 Å². The number of rotatable bonds is 4. The predicted octanol–water partition coefficient (Wildman–Crippen LogP) is 4.12. The maximum Gasteiger partial charge on any atom is 0.250 e. The Labute approximate surface area is 191 Å². The van der Waals surface area contributed by atoms with Gasteiger partial charge >= 0.3 is 0 Å². The van der Waals surface area contributed by atoms with Gasteiger partial charge in [-0.2, -0.15) is 0 Å². The number of carbonyl (C=O) groups is 2. The number of anilines is 1. The third-order valence-corrected chi connectivity index (χ3v) is 6.94. The summed E-state index contributed by atoms with van der Waals surface area (Å²) in [6.07, 6.45) is 3.19. The van der Waals surface area contributed by atoms with Crippen LogP contribution in [0.2, 0.25) is 5.02 Å². The van der Waals surface area contributed by atoms with Gasteiger partial charge in [-0.3, -0.25) is 19.5 Å². The van der Waals surface area contributed by atoms with Crippen molar-refractivity contribution in [2.75, 3.05) is 26.0 Å². The number of ketones is 1. The summed E-state index contributed by atoms with van der Waals surface area (Å²) in [5.41, 5.74) is 1.73. The third kappa shape index (κ3) is 2.94. The second-order valence-electron chi connectivity index (χ2n) is 8.25. The molecule has 2 aliphatic heterocycles. The van der Waals surface area contributed by atoms with Crippen LogP contribution in [0.5, 0.6) is 5.75 Å². The van der Waals surface area contributed by atoms with Crippen molar-refractivity contribution in [3.63, 3.8) is 0 Å². The monoisotopic (exact) mass is 447 g/mol. The van der Waals surface area contributed by atoms with Gasteiger partial charge in [-0.1, -0.05) is 23.7 Å². The number of methoxy groups -OCH3 is 1. The molecule has 1 spiro atoms. The van der Waals surface area contributed by atoms with E-state index in [1.807, 2.05) is 54.4 Å². The van der Waals surface area contributed by atoms with Crippen LogP contribution in [-0.2, 0) is 10.3 Å². The zero-order valence-electron chi connectivity index (χ0n) is 17.7. The highest BCUT2D eigenvalue weighted by Crippen LogP contribution is 2.56. The molecular formula is C25H22ClN3O3. The van der Waals surface area contributed by atoms with Crippen LogP contribution in [0.1, 0.15) is 27.4 Å². The molecule has 0 saturated carbocycles. The van der Waals surface area contributed by atoms with Gasteiger partial charge in [0.25, 0.3) is 0 Å². The first-order valence-corrected chi connectivity index (χ1v) is 10.8. The molecule has 1 amide bonds. The molecule has 3 aromatic rings. The van der Waals surface area contributed by atoms with E-state index >= 15 is 0 Å². The van der Waals surface area contributed by atoms with Gasteiger partial charge < -0.3 is 10.1 Å². The molecule has 0 radical (unpaired) electrons. The molecule has 7 heteroatoms. The number of benzene rings is 2. The summed E-state index contributed by atoms with van der Waals surface area (Å²) in [4.78, 5) is 33.8. The zero-order valence-corrected chi connectivity index (χ0v) is 18.5. The molecule has 3 atom stereocenters. The summed E-state index contributed by atoms with van der Waals surface area (Å²) in [6.45, 7) is 0.530. The van der Waals surface area contributed by atoms with E-state index in [-0.39, 0.29) is 17.6 Å². The van der Waals surface area contributed by atoms with Gasteiger partial charge in [-0.15, -0.1) is 0 Å². The van der Waals surface area contributed by atoms with E-state index in [4.69, 9.17) is 16.3 Å². The molecule has 1 saturated heterocycles. The Morgan fingerprint density at radius 3 is 2.69 bits per heavy atom. The standard InChI is InChI=1S/C25H22ClN3O3/c1-29-14-19(15-5-7-17(26)8-6-15)22(23(30)16-4-3-11-27-13-16)25(29)20-12-18(32-2)9-10-21(20)28-24(25)31/h3-13,19,22H,14H2,1-2H3,(H,28,31)/t19-,22-,25-/m1/s1.